The van der Waals surface area contributed by atoms with E-state index < -0.39 is 0 Å². The first-order valence-corrected chi connectivity index (χ1v) is 6.16. The summed E-state index contributed by atoms with van der Waals surface area (Å²) in [4.78, 5) is 10.6. The van der Waals surface area contributed by atoms with Crippen LogP contribution in [0.25, 0.3) is 12.2 Å². The highest BCUT2D eigenvalue weighted by atomic mass is 35.5. The largest absolute Gasteiger partial charge is 1.00 e. The minimum absolute atomic E-state index is 0. The first kappa shape index (κ1) is 16.1. The predicted molar refractivity (Wildman–Crippen MR) is 74.5 cm³/mol. The van der Waals surface area contributed by atoms with Gasteiger partial charge in [-0.2, -0.15) is 4.57 Å². The number of pyridine rings is 1. The molecule has 2 aromatic rings. The highest BCUT2D eigenvalue weighted by molar-refractivity contribution is 5.76. The fourth-order valence-electron chi connectivity index (χ4n) is 1.82. The summed E-state index contributed by atoms with van der Waals surface area (Å²) in [5, 5.41) is 9.01. The molecule has 0 saturated heterocycles. The van der Waals surface area contributed by atoms with E-state index in [4.69, 9.17) is 5.11 Å². The molecule has 0 bridgehead atoms. The molecule has 20 heavy (non-hydrogen) atoms. The van der Waals surface area contributed by atoms with Crippen molar-refractivity contribution in [2.75, 3.05) is 6.61 Å². The van der Waals surface area contributed by atoms with Gasteiger partial charge in [0.2, 0.25) is 5.69 Å². The zero-order chi connectivity index (χ0) is 13.5. The molecule has 0 fully saturated rings. The SMILES string of the molecule is O=Cc1ccc(C=Cc2cccc[n+]2CCO)cc1.[Cl-]. The Balaban J connectivity index is 0.00000200. The molecule has 0 atom stereocenters. The van der Waals surface area contributed by atoms with Crippen LogP contribution >= 0.6 is 0 Å². The van der Waals surface area contributed by atoms with Gasteiger partial charge in [0, 0.05) is 23.8 Å². The third-order valence-electron chi connectivity index (χ3n) is 2.84. The number of carbonyl (C=O) groups excluding carboxylic acids is 1. The molecule has 1 heterocycles. The van der Waals surface area contributed by atoms with Gasteiger partial charge in [-0.15, -0.1) is 0 Å². The van der Waals surface area contributed by atoms with Crippen molar-refractivity contribution in [1.82, 2.24) is 0 Å². The maximum absolute atomic E-state index is 10.6. The monoisotopic (exact) mass is 289 g/mol. The van der Waals surface area contributed by atoms with Crippen LogP contribution in [0.15, 0.2) is 48.7 Å². The molecule has 0 amide bonds. The van der Waals surface area contributed by atoms with Gasteiger partial charge < -0.3 is 17.5 Å². The lowest BCUT2D eigenvalue weighted by molar-refractivity contribution is -0.699. The maximum Gasteiger partial charge on any atom is 0.205 e. The molecule has 2 rings (SSSR count). The lowest BCUT2D eigenvalue weighted by Gasteiger charge is -1.98. The Morgan fingerprint density at radius 1 is 1.00 bits per heavy atom. The van der Waals surface area contributed by atoms with E-state index in [1.54, 1.807) is 12.1 Å². The van der Waals surface area contributed by atoms with E-state index in [0.717, 1.165) is 17.5 Å². The highest BCUT2D eigenvalue weighted by Gasteiger charge is 2.04. The summed E-state index contributed by atoms with van der Waals surface area (Å²) < 4.78 is 1.98. The average molecular weight is 290 g/mol. The number of aliphatic hydroxyl groups is 1. The van der Waals surface area contributed by atoms with Crippen molar-refractivity contribution in [2.24, 2.45) is 0 Å². The molecule has 1 N–H and O–H groups in total. The average Bonchev–Trinajstić information content (AvgIpc) is 2.47. The molecule has 1 aromatic heterocycles. The van der Waals surface area contributed by atoms with E-state index in [2.05, 4.69) is 0 Å². The summed E-state index contributed by atoms with van der Waals surface area (Å²) in [6.07, 6.45) is 6.74. The van der Waals surface area contributed by atoms with Crippen LogP contribution in [0.5, 0.6) is 0 Å². The van der Waals surface area contributed by atoms with Gasteiger partial charge >= 0.3 is 0 Å². The van der Waals surface area contributed by atoms with Gasteiger partial charge in [-0.05, 0) is 17.7 Å². The standard InChI is InChI=1S/C16H16NO2.ClH/c18-12-11-17-10-2-1-3-16(17)9-8-14-4-6-15(13-19)7-5-14;/h1-10,13,18H,11-12H2;1H/q+1;/p-1. The lowest BCUT2D eigenvalue weighted by atomic mass is 10.1. The minimum Gasteiger partial charge on any atom is -1.00 e. The Kier molecular flexibility index (Phi) is 6.64. The van der Waals surface area contributed by atoms with E-state index in [0.29, 0.717) is 12.1 Å². The normalized spacial score (nSPS) is 10.2. The van der Waals surface area contributed by atoms with Crippen LogP contribution in [0.2, 0.25) is 0 Å². The number of carbonyl (C=O) groups is 1. The number of benzene rings is 1. The van der Waals surface area contributed by atoms with Crippen LogP contribution in [0.3, 0.4) is 0 Å². The quantitative estimate of drug-likeness (QED) is 0.564. The second-order valence-electron chi connectivity index (χ2n) is 4.16. The van der Waals surface area contributed by atoms with Gasteiger partial charge in [0.05, 0.1) is 0 Å². The summed E-state index contributed by atoms with van der Waals surface area (Å²) in [7, 11) is 0. The first-order chi connectivity index (χ1) is 9.33. The Bertz CT molecular complexity index is 579. The highest BCUT2D eigenvalue weighted by Crippen LogP contribution is 2.07. The molecule has 1 aromatic carbocycles. The van der Waals surface area contributed by atoms with Crippen LogP contribution in [-0.2, 0) is 6.54 Å². The van der Waals surface area contributed by atoms with Crippen molar-refractivity contribution in [2.45, 2.75) is 6.54 Å². The molecule has 0 radical (unpaired) electrons. The Morgan fingerprint density at radius 2 is 1.70 bits per heavy atom. The summed E-state index contributed by atoms with van der Waals surface area (Å²) in [6.45, 7) is 0.689. The van der Waals surface area contributed by atoms with Crippen LogP contribution in [-0.4, -0.2) is 18.0 Å². The molecule has 3 nitrogen and oxygen atoms in total. The molecule has 104 valence electrons. The summed E-state index contributed by atoms with van der Waals surface area (Å²) >= 11 is 0. The topological polar surface area (TPSA) is 41.2 Å². The zero-order valence-electron chi connectivity index (χ0n) is 10.9. The summed E-state index contributed by atoms with van der Waals surface area (Å²) in [5.41, 5.74) is 2.73. The summed E-state index contributed by atoms with van der Waals surface area (Å²) in [5.74, 6) is 0. The van der Waals surface area contributed by atoms with Gasteiger partial charge in [-0.1, -0.05) is 24.3 Å². The molecular formula is C16H16ClNO2. The number of aromatic nitrogens is 1. The van der Waals surface area contributed by atoms with Gasteiger partial charge in [-0.3, -0.25) is 4.79 Å². The summed E-state index contributed by atoms with van der Waals surface area (Å²) in [6, 6.07) is 13.3. The third-order valence-corrected chi connectivity index (χ3v) is 2.84. The first-order valence-electron chi connectivity index (χ1n) is 6.16. The Labute approximate surface area is 124 Å². The van der Waals surface area contributed by atoms with Crippen molar-refractivity contribution >= 4 is 18.4 Å². The van der Waals surface area contributed by atoms with Gasteiger partial charge in [0.1, 0.15) is 12.9 Å². The molecule has 0 saturated carbocycles. The smallest absolute Gasteiger partial charge is 0.205 e. The van der Waals surface area contributed by atoms with Crippen molar-refractivity contribution in [3.05, 3.63) is 65.5 Å². The third kappa shape index (κ3) is 4.30. The van der Waals surface area contributed by atoms with Crippen LogP contribution in [0.4, 0.5) is 0 Å². The fourth-order valence-corrected chi connectivity index (χ4v) is 1.82. The number of hydrogen-bond donors (Lipinski definition) is 1. The van der Waals surface area contributed by atoms with Crippen LogP contribution in [0, 0.1) is 0 Å². The number of aldehydes is 1. The molecule has 0 aliphatic rings. The molecule has 0 aliphatic carbocycles. The van der Waals surface area contributed by atoms with Crippen molar-refractivity contribution in [1.29, 1.82) is 0 Å². The molecule has 4 heteroatoms. The van der Waals surface area contributed by atoms with E-state index in [1.165, 1.54) is 0 Å². The van der Waals surface area contributed by atoms with Crippen molar-refractivity contribution in [3.8, 4) is 0 Å². The van der Waals surface area contributed by atoms with Crippen LogP contribution < -0.4 is 17.0 Å². The predicted octanol–water partition coefficient (Wildman–Crippen LogP) is -1.05. The molecular weight excluding hydrogens is 274 g/mol. The molecule has 0 spiro atoms. The second-order valence-corrected chi connectivity index (χ2v) is 4.16. The number of rotatable bonds is 5. The zero-order valence-corrected chi connectivity index (χ0v) is 11.7. The second kappa shape index (κ2) is 8.25. The van der Waals surface area contributed by atoms with Crippen LogP contribution in [0.1, 0.15) is 21.6 Å². The van der Waals surface area contributed by atoms with Crippen molar-refractivity contribution < 1.29 is 26.9 Å². The fraction of sp³-hybridized carbons (Fsp3) is 0.125. The maximum atomic E-state index is 10.6. The number of halogens is 1. The van der Waals surface area contributed by atoms with Gasteiger partial charge in [-0.25, -0.2) is 0 Å². The Morgan fingerprint density at radius 3 is 2.35 bits per heavy atom. The molecule has 0 aliphatic heterocycles. The van der Waals surface area contributed by atoms with Gasteiger partial charge in [0.25, 0.3) is 0 Å². The number of hydrogen-bond acceptors (Lipinski definition) is 2. The van der Waals surface area contributed by atoms with E-state index in [1.807, 2.05) is 53.2 Å². The van der Waals surface area contributed by atoms with Gasteiger partial charge in [0.15, 0.2) is 12.7 Å². The minimum atomic E-state index is 0. The number of nitrogens with zero attached hydrogens (tertiary/aromatic N) is 1. The lowest BCUT2D eigenvalue weighted by Crippen LogP contribution is -3.00. The van der Waals surface area contributed by atoms with E-state index in [9.17, 15) is 4.79 Å². The number of aliphatic hydroxyl groups excluding tert-OH is 1. The Hall–Kier alpha value is -1.97. The van der Waals surface area contributed by atoms with Crippen molar-refractivity contribution in [3.63, 3.8) is 0 Å². The molecule has 0 unspecified atom stereocenters. The van der Waals surface area contributed by atoms with E-state index >= 15 is 0 Å². The van der Waals surface area contributed by atoms with E-state index in [-0.39, 0.29) is 19.0 Å².